The molecule has 0 fully saturated rings. The van der Waals surface area contributed by atoms with E-state index in [9.17, 15) is 4.79 Å². The zero-order valence-electron chi connectivity index (χ0n) is 10.0. The number of nitrogens with one attached hydrogen (secondary N) is 1. The lowest BCUT2D eigenvalue weighted by atomic mass is 10.2. The highest BCUT2D eigenvalue weighted by Gasteiger charge is 2.13. The number of hydrogen-bond acceptors (Lipinski definition) is 6. The molecule has 2 rings (SSSR count). The highest BCUT2D eigenvalue weighted by atomic mass is 16.5. The molecule has 0 saturated heterocycles. The smallest absolute Gasteiger partial charge is 0.340 e. The minimum Gasteiger partial charge on any atom is -0.465 e. The van der Waals surface area contributed by atoms with E-state index in [1.807, 2.05) is 0 Å². The molecule has 3 N–H and O–H groups in total. The third kappa shape index (κ3) is 2.40. The first kappa shape index (κ1) is 11.9. The van der Waals surface area contributed by atoms with E-state index in [0.29, 0.717) is 11.3 Å². The zero-order chi connectivity index (χ0) is 13.1. The molecule has 0 amide bonds. The lowest BCUT2D eigenvalue weighted by Crippen LogP contribution is -2.07. The Labute approximate surface area is 104 Å². The number of ether oxygens (including phenoxy) is 1. The van der Waals surface area contributed by atoms with E-state index in [2.05, 4.69) is 15.4 Å². The summed E-state index contributed by atoms with van der Waals surface area (Å²) in [6.07, 6.45) is 4.89. The second kappa shape index (κ2) is 4.74. The molecule has 2 aromatic rings. The second-order valence-electron chi connectivity index (χ2n) is 3.67. The van der Waals surface area contributed by atoms with Crippen LogP contribution in [0.3, 0.4) is 0 Å². The van der Waals surface area contributed by atoms with Gasteiger partial charge in [0, 0.05) is 13.2 Å². The van der Waals surface area contributed by atoms with Gasteiger partial charge in [-0.05, 0) is 6.07 Å². The average molecular weight is 247 g/mol. The van der Waals surface area contributed by atoms with Gasteiger partial charge in [0.25, 0.3) is 0 Å². The fourth-order valence-corrected chi connectivity index (χ4v) is 1.49. The molecular weight excluding hydrogens is 234 g/mol. The Hall–Kier alpha value is -2.57. The molecule has 2 aromatic heterocycles. The predicted molar refractivity (Wildman–Crippen MR) is 66.5 cm³/mol. The first-order valence-corrected chi connectivity index (χ1v) is 5.19. The van der Waals surface area contributed by atoms with Gasteiger partial charge in [0.15, 0.2) is 0 Å². The number of nitrogens with zero attached hydrogens (tertiary/aromatic N) is 3. The summed E-state index contributed by atoms with van der Waals surface area (Å²) in [5.41, 5.74) is 7.14. The first-order chi connectivity index (χ1) is 8.60. The molecule has 0 aromatic carbocycles. The molecule has 0 aliphatic heterocycles. The van der Waals surface area contributed by atoms with Crippen molar-refractivity contribution in [3.05, 3.63) is 30.2 Å². The summed E-state index contributed by atoms with van der Waals surface area (Å²) in [5.74, 6) is -0.220. The average Bonchev–Trinajstić information content (AvgIpc) is 2.76. The van der Waals surface area contributed by atoms with Crippen LogP contribution in [-0.4, -0.2) is 27.8 Å². The molecular formula is C11H13N5O2. The van der Waals surface area contributed by atoms with Crippen molar-refractivity contribution in [3.8, 4) is 0 Å². The number of nitrogens with two attached hydrogens (primary N) is 1. The molecule has 0 spiro atoms. The van der Waals surface area contributed by atoms with Crippen LogP contribution < -0.4 is 11.1 Å². The van der Waals surface area contributed by atoms with Crippen molar-refractivity contribution in [2.24, 2.45) is 7.05 Å². The molecule has 0 saturated carbocycles. The maximum absolute atomic E-state index is 11.6. The van der Waals surface area contributed by atoms with Crippen LogP contribution in [0.1, 0.15) is 10.4 Å². The van der Waals surface area contributed by atoms with Gasteiger partial charge in [-0.1, -0.05) is 0 Å². The molecule has 0 radical (unpaired) electrons. The van der Waals surface area contributed by atoms with Crippen LogP contribution in [0.2, 0.25) is 0 Å². The fraction of sp³-hybridized carbons (Fsp3) is 0.182. The number of rotatable bonds is 3. The maximum Gasteiger partial charge on any atom is 0.340 e. The predicted octanol–water partition coefficient (Wildman–Crippen LogP) is 0.927. The van der Waals surface area contributed by atoms with Crippen LogP contribution in [0.15, 0.2) is 24.7 Å². The van der Waals surface area contributed by atoms with Crippen molar-refractivity contribution >= 4 is 23.2 Å². The van der Waals surface area contributed by atoms with Gasteiger partial charge in [0.05, 0.1) is 36.4 Å². The van der Waals surface area contributed by atoms with Gasteiger partial charge in [0.1, 0.15) is 5.82 Å². The van der Waals surface area contributed by atoms with E-state index in [4.69, 9.17) is 10.5 Å². The molecule has 2 heterocycles. The van der Waals surface area contributed by atoms with Crippen molar-refractivity contribution in [1.82, 2.24) is 14.8 Å². The van der Waals surface area contributed by atoms with E-state index < -0.39 is 5.97 Å². The van der Waals surface area contributed by atoms with Crippen molar-refractivity contribution in [2.45, 2.75) is 0 Å². The lowest BCUT2D eigenvalue weighted by molar-refractivity contribution is 0.0602. The molecule has 18 heavy (non-hydrogen) atoms. The topological polar surface area (TPSA) is 95.1 Å². The van der Waals surface area contributed by atoms with Gasteiger partial charge in [-0.25, -0.2) is 9.78 Å². The standard InChI is InChI=1S/C11H13N5O2/c1-16-6-7(4-14-16)15-9-5-13-10(12)3-8(9)11(17)18-2/h3-6,15H,1-2H3,(H2,12,13). The minimum absolute atomic E-state index is 0.257. The molecule has 7 nitrogen and oxygen atoms in total. The SMILES string of the molecule is COC(=O)c1cc(N)ncc1Nc1cnn(C)c1. The van der Waals surface area contributed by atoms with Crippen molar-refractivity contribution in [2.75, 3.05) is 18.2 Å². The van der Waals surface area contributed by atoms with Gasteiger partial charge >= 0.3 is 5.97 Å². The number of carbonyl (C=O) groups is 1. The number of anilines is 3. The van der Waals surface area contributed by atoms with Crippen LogP contribution in [0.4, 0.5) is 17.2 Å². The van der Waals surface area contributed by atoms with Crippen molar-refractivity contribution in [1.29, 1.82) is 0 Å². The summed E-state index contributed by atoms with van der Waals surface area (Å²) in [6.45, 7) is 0. The second-order valence-corrected chi connectivity index (χ2v) is 3.67. The number of esters is 1. The summed E-state index contributed by atoms with van der Waals surface area (Å²) >= 11 is 0. The number of methoxy groups -OCH3 is 1. The van der Waals surface area contributed by atoms with E-state index in [1.54, 1.807) is 24.1 Å². The van der Waals surface area contributed by atoms with Crippen LogP contribution in [-0.2, 0) is 11.8 Å². The van der Waals surface area contributed by atoms with Crippen LogP contribution in [0.5, 0.6) is 0 Å². The van der Waals surface area contributed by atoms with Crippen LogP contribution in [0.25, 0.3) is 0 Å². The number of aryl methyl sites for hydroxylation is 1. The number of pyridine rings is 1. The van der Waals surface area contributed by atoms with Crippen molar-refractivity contribution < 1.29 is 9.53 Å². The monoisotopic (exact) mass is 247 g/mol. The molecule has 0 aliphatic rings. The third-order valence-electron chi connectivity index (χ3n) is 2.31. The molecule has 94 valence electrons. The first-order valence-electron chi connectivity index (χ1n) is 5.19. The summed E-state index contributed by atoms with van der Waals surface area (Å²) in [4.78, 5) is 15.6. The van der Waals surface area contributed by atoms with Crippen LogP contribution in [0, 0.1) is 0 Å². The fourth-order valence-electron chi connectivity index (χ4n) is 1.49. The van der Waals surface area contributed by atoms with Crippen molar-refractivity contribution in [3.63, 3.8) is 0 Å². The van der Waals surface area contributed by atoms with E-state index in [0.717, 1.165) is 5.69 Å². The maximum atomic E-state index is 11.6. The largest absolute Gasteiger partial charge is 0.465 e. The molecule has 0 unspecified atom stereocenters. The molecule has 0 atom stereocenters. The third-order valence-corrected chi connectivity index (χ3v) is 2.31. The van der Waals surface area contributed by atoms with Gasteiger partial charge in [-0.3, -0.25) is 4.68 Å². The quantitative estimate of drug-likeness (QED) is 0.783. The Morgan fingerprint density at radius 3 is 2.89 bits per heavy atom. The number of nitrogen functional groups attached to an aromatic ring is 1. The van der Waals surface area contributed by atoms with Gasteiger partial charge in [0.2, 0.25) is 0 Å². The van der Waals surface area contributed by atoms with E-state index in [1.165, 1.54) is 19.4 Å². The molecule has 0 bridgehead atoms. The number of carbonyl (C=O) groups excluding carboxylic acids is 1. The molecule has 0 aliphatic carbocycles. The normalized spacial score (nSPS) is 10.1. The molecule has 7 heteroatoms. The van der Waals surface area contributed by atoms with Crippen LogP contribution >= 0.6 is 0 Å². The Kier molecular flexibility index (Phi) is 3.13. The summed E-state index contributed by atoms with van der Waals surface area (Å²) in [7, 11) is 3.11. The summed E-state index contributed by atoms with van der Waals surface area (Å²) in [5, 5.41) is 7.05. The Bertz CT molecular complexity index is 579. The summed E-state index contributed by atoms with van der Waals surface area (Å²) < 4.78 is 6.34. The summed E-state index contributed by atoms with van der Waals surface area (Å²) in [6, 6.07) is 1.46. The lowest BCUT2D eigenvalue weighted by Gasteiger charge is -2.09. The highest BCUT2D eigenvalue weighted by molar-refractivity contribution is 5.96. The van der Waals surface area contributed by atoms with Gasteiger partial charge < -0.3 is 15.8 Å². The van der Waals surface area contributed by atoms with Gasteiger partial charge in [-0.2, -0.15) is 5.10 Å². The number of aromatic nitrogens is 3. The number of hydrogen-bond donors (Lipinski definition) is 2. The van der Waals surface area contributed by atoms with E-state index >= 15 is 0 Å². The Morgan fingerprint density at radius 1 is 1.50 bits per heavy atom. The zero-order valence-corrected chi connectivity index (χ0v) is 10.0. The Morgan fingerprint density at radius 2 is 2.28 bits per heavy atom. The van der Waals surface area contributed by atoms with E-state index in [-0.39, 0.29) is 5.82 Å². The Balaban J connectivity index is 2.35. The van der Waals surface area contributed by atoms with Gasteiger partial charge in [-0.15, -0.1) is 0 Å². The highest BCUT2D eigenvalue weighted by Crippen LogP contribution is 2.21. The minimum atomic E-state index is -0.476.